The molecule has 2 saturated heterocycles. The molecule has 0 unspecified atom stereocenters. The van der Waals surface area contributed by atoms with Crippen LogP contribution in [0, 0.1) is 0 Å². The first-order valence-corrected chi connectivity index (χ1v) is 10.8. The summed E-state index contributed by atoms with van der Waals surface area (Å²) in [5.74, 6) is 1.51. The Balaban J connectivity index is 1.36. The van der Waals surface area contributed by atoms with Crippen LogP contribution in [0.1, 0.15) is 11.8 Å². The van der Waals surface area contributed by atoms with E-state index in [4.69, 9.17) is 0 Å². The SMILES string of the molecule is CCc1cc2c(s1)=NCNC=2N1CCN(CC(=O)N2CCN(C)CC2)CC1. The summed E-state index contributed by atoms with van der Waals surface area (Å²) in [6.07, 6.45) is 1.06. The summed E-state index contributed by atoms with van der Waals surface area (Å²) in [6.45, 7) is 10.9. The molecule has 1 aromatic rings. The molecule has 0 saturated carbocycles. The van der Waals surface area contributed by atoms with Gasteiger partial charge in [0, 0.05) is 57.2 Å². The molecule has 1 N–H and O–H groups in total. The van der Waals surface area contributed by atoms with Crippen molar-refractivity contribution in [2.75, 3.05) is 72.6 Å². The number of thiophene rings is 1. The number of fused-ring (bicyclic) bond motifs is 1. The van der Waals surface area contributed by atoms with Gasteiger partial charge in [-0.25, -0.2) is 0 Å². The minimum Gasteiger partial charge on any atom is -0.355 e. The average Bonchev–Trinajstić information content (AvgIpc) is 3.12. The first-order chi connectivity index (χ1) is 13.1. The Hall–Kier alpha value is -1.64. The van der Waals surface area contributed by atoms with Crippen LogP contribution in [0.3, 0.4) is 0 Å². The van der Waals surface area contributed by atoms with Crippen LogP contribution < -0.4 is 15.2 Å². The number of piperazine rings is 2. The molecule has 2 fully saturated rings. The zero-order valence-corrected chi connectivity index (χ0v) is 17.2. The fraction of sp³-hybridized carbons (Fsp3) is 0.684. The number of nitrogens with zero attached hydrogens (tertiary/aromatic N) is 5. The molecule has 148 valence electrons. The minimum atomic E-state index is 0.284. The normalized spacial score (nSPS) is 21.6. The number of hydrogen-bond donors (Lipinski definition) is 1. The van der Waals surface area contributed by atoms with Crippen molar-refractivity contribution in [1.29, 1.82) is 0 Å². The average molecular weight is 391 g/mol. The summed E-state index contributed by atoms with van der Waals surface area (Å²) >= 11 is 1.81. The second kappa shape index (κ2) is 8.16. The highest BCUT2D eigenvalue weighted by Crippen LogP contribution is 2.11. The van der Waals surface area contributed by atoms with Gasteiger partial charge in [0.1, 0.15) is 17.2 Å². The molecule has 27 heavy (non-hydrogen) atoms. The van der Waals surface area contributed by atoms with Crippen LogP contribution in [0.15, 0.2) is 11.1 Å². The van der Waals surface area contributed by atoms with Crippen molar-refractivity contribution in [3.8, 4) is 0 Å². The van der Waals surface area contributed by atoms with E-state index in [1.807, 2.05) is 16.2 Å². The molecular formula is C19H30N6OS. The summed E-state index contributed by atoms with van der Waals surface area (Å²) in [4.78, 5) is 27.6. The van der Waals surface area contributed by atoms with Crippen molar-refractivity contribution in [1.82, 2.24) is 24.9 Å². The number of hydrogen-bond acceptors (Lipinski definition) is 7. The zero-order chi connectivity index (χ0) is 18.8. The van der Waals surface area contributed by atoms with Gasteiger partial charge in [0.15, 0.2) is 0 Å². The molecule has 0 spiro atoms. The molecule has 0 atom stereocenters. The first kappa shape index (κ1) is 18.7. The highest BCUT2D eigenvalue weighted by molar-refractivity contribution is 7.09. The van der Waals surface area contributed by atoms with Gasteiger partial charge >= 0.3 is 0 Å². The van der Waals surface area contributed by atoms with Gasteiger partial charge in [0.25, 0.3) is 0 Å². The predicted octanol–water partition coefficient (Wildman–Crippen LogP) is -1.05. The van der Waals surface area contributed by atoms with Gasteiger partial charge in [0.05, 0.1) is 11.8 Å². The Bertz CT molecular complexity index is 790. The Morgan fingerprint density at radius 2 is 1.89 bits per heavy atom. The third-order valence-electron chi connectivity index (χ3n) is 5.74. The van der Waals surface area contributed by atoms with E-state index in [0.29, 0.717) is 13.2 Å². The minimum absolute atomic E-state index is 0.284. The van der Waals surface area contributed by atoms with Gasteiger partial charge in [-0.1, -0.05) is 6.92 Å². The van der Waals surface area contributed by atoms with Gasteiger partial charge in [-0.3, -0.25) is 14.7 Å². The molecule has 3 aliphatic heterocycles. The van der Waals surface area contributed by atoms with E-state index in [9.17, 15) is 4.79 Å². The lowest BCUT2D eigenvalue weighted by Gasteiger charge is -2.39. The van der Waals surface area contributed by atoms with Crippen LogP contribution in [0.5, 0.6) is 0 Å². The molecule has 0 bridgehead atoms. The van der Waals surface area contributed by atoms with Gasteiger partial charge in [-0.2, -0.15) is 0 Å². The summed E-state index contributed by atoms with van der Waals surface area (Å²) in [5, 5.41) is 4.73. The number of likely N-dealkylation sites (N-methyl/N-ethyl adjacent to an activating group) is 1. The number of nitrogens with one attached hydrogen (secondary N) is 1. The van der Waals surface area contributed by atoms with Crippen molar-refractivity contribution >= 4 is 23.1 Å². The predicted molar refractivity (Wildman–Crippen MR) is 108 cm³/mol. The number of amides is 1. The Kier molecular flexibility index (Phi) is 5.66. The van der Waals surface area contributed by atoms with Crippen molar-refractivity contribution in [2.45, 2.75) is 13.3 Å². The second-order valence-corrected chi connectivity index (χ2v) is 8.69. The number of aryl methyl sites for hydroxylation is 1. The van der Waals surface area contributed by atoms with Crippen LogP contribution in [0.25, 0.3) is 5.82 Å². The summed E-state index contributed by atoms with van der Waals surface area (Å²) in [7, 11) is 2.12. The van der Waals surface area contributed by atoms with Gasteiger partial charge in [-0.05, 0) is 19.5 Å². The topological polar surface area (TPSA) is 54.4 Å². The standard InChI is InChI=1S/C19H30N6OS/c1-3-15-12-16-18(20-14-21-19(16)27-15)25-10-6-23(7-11-25)13-17(26)24-8-4-22(2)5-9-24/h12,20H,3-11,13-14H2,1-2H3. The van der Waals surface area contributed by atoms with Crippen LogP contribution in [-0.2, 0) is 11.2 Å². The van der Waals surface area contributed by atoms with E-state index in [1.165, 1.54) is 15.9 Å². The summed E-state index contributed by atoms with van der Waals surface area (Å²) in [6, 6.07) is 2.29. The second-order valence-electron chi connectivity index (χ2n) is 7.57. The first-order valence-electron chi connectivity index (χ1n) is 9.99. The van der Waals surface area contributed by atoms with Crippen LogP contribution >= 0.6 is 11.3 Å². The van der Waals surface area contributed by atoms with E-state index in [2.05, 4.69) is 45.0 Å². The van der Waals surface area contributed by atoms with Gasteiger partial charge in [0.2, 0.25) is 5.91 Å². The Morgan fingerprint density at radius 1 is 1.15 bits per heavy atom. The van der Waals surface area contributed by atoms with E-state index in [0.717, 1.165) is 63.4 Å². The lowest BCUT2D eigenvalue weighted by Crippen LogP contribution is -2.54. The van der Waals surface area contributed by atoms with Crippen molar-refractivity contribution < 1.29 is 4.79 Å². The van der Waals surface area contributed by atoms with Crippen LogP contribution in [-0.4, -0.2) is 98.1 Å². The fourth-order valence-corrected chi connectivity index (χ4v) is 4.90. The molecule has 4 heterocycles. The molecule has 0 aliphatic carbocycles. The smallest absolute Gasteiger partial charge is 0.236 e. The third kappa shape index (κ3) is 4.12. The number of rotatable bonds is 4. The molecule has 1 aromatic heterocycles. The molecule has 3 aliphatic rings. The van der Waals surface area contributed by atoms with E-state index < -0.39 is 0 Å². The quantitative estimate of drug-likeness (QED) is 0.711. The maximum atomic E-state index is 12.6. The number of carbonyl (C=O) groups excluding carboxylic acids is 1. The highest BCUT2D eigenvalue weighted by Gasteiger charge is 2.25. The van der Waals surface area contributed by atoms with Crippen LogP contribution in [0.4, 0.5) is 0 Å². The van der Waals surface area contributed by atoms with Gasteiger partial charge < -0.3 is 20.0 Å². The van der Waals surface area contributed by atoms with Crippen molar-refractivity contribution in [2.24, 2.45) is 4.99 Å². The third-order valence-corrected chi connectivity index (χ3v) is 6.95. The van der Waals surface area contributed by atoms with E-state index in [1.54, 1.807) is 0 Å². The van der Waals surface area contributed by atoms with E-state index in [-0.39, 0.29) is 5.91 Å². The lowest BCUT2D eigenvalue weighted by molar-refractivity contribution is -0.134. The largest absolute Gasteiger partial charge is 0.355 e. The van der Waals surface area contributed by atoms with Crippen LogP contribution in [0.2, 0.25) is 0 Å². The van der Waals surface area contributed by atoms with Crippen molar-refractivity contribution in [3.63, 3.8) is 0 Å². The van der Waals surface area contributed by atoms with Crippen molar-refractivity contribution in [3.05, 3.63) is 20.8 Å². The van der Waals surface area contributed by atoms with E-state index >= 15 is 0 Å². The summed E-state index contributed by atoms with van der Waals surface area (Å²) in [5.41, 5.74) is 0. The monoisotopic (exact) mass is 390 g/mol. The number of carbonyl (C=O) groups is 1. The highest BCUT2D eigenvalue weighted by atomic mass is 32.1. The Morgan fingerprint density at radius 3 is 2.59 bits per heavy atom. The zero-order valence-electron chi connectivity index (χ0n) is 16.4. The molecule has 8 heteroatoms. The summed E-state index contributed by atoms with van der Waals surface area (Å²) < 4.78 is 1.16. The molecule has 0 aromatic carbocycles. The fourth-order valence-electron chi connectivity index (χ4n) is 3.93. The molecular weight excluding hydrogens is 360 g/mol. The Labute approximate surface area is 164 Å². The van der Waals surface area contributed by atoms with Gasteiger partial charge in [-0.15, -0.1) is 11.3 Å². The molecule has 1 amide bonds. The lowest BCUT2D eigenvalue weighted by atomic mass is 10.2. The molecule has 7 nitrogen and oxygen atoms in total. The maximum absolute atomic E-state index is 12.6. The molecule has 0 radical (unpaired) electrons. The molecule has 4 rings (SSSR count). The maximum Gasteiger partial charge on any atom is 0.236 e.